The van der Waals surface area contributed by atoms with Crippen molar-refractivity contribution in [3.05, 3.63) is 28.5 Å². The largest absolute Gasteiger partial charge is 0.491 e. The zero-order chi connectivity index (χ0) is 12.9. The van der Waals surface area contributed by atoms with Crippen LogP contribution in [0, 0.1) is 5.82 Å². The van der Waals surface area contributed by atoms with Crippen molar-refractivity contribution in [1.82, 2.24) is 0 Å². The van der Waals surface area contributed by atoms with Crippen LogP contribution in [-0.2, 0) is 4.74 Å². The van der Waals surface area contributed by atoms with E-state index in [2.05, 4.69) is 20.7 Å². The molecule has 0 N–H and O–H groups in total. The Morgan fingerprint density at radius 2 is 1.88 bits per heavy atom. The molecular weight excluding hydrogens is 308 g/mol. The molecule has 0 heterocycles. The quantitative estimate of drug-likeness (QED) is 0.611. The molecule has 0 aliphatic rings. The van der Waals surface area contributed by atoms with Crippen molar-refractivity contribution >= 4 is 15.9 Å². The number of halogens is 5. The van der Waals surface area contributed by atoms with E-state index in [1.54, 1.807) is 0 Å². The van der Waals surface area contributed by atoms with Crippen molar-refractivity contribution in [3.8, 4) is 5.75 Å². The molecular formula is C10H9BrF4O2. The van der Waals surface area contributed by atoms with Crippen molar-refractivity contribution in [3.63, 3.8) is 0 Å². The number of alkyl halides is 3. The molecule has 0 bridgehead atoms. The van der Waals surface area contributed by atoms with Crippen LogP contribution in [-0.4, -0.2) is 26.0 Å². The summed E-state index contributed by atoms with van der Waals surface area (Å²) in [5.74, 6) is -0.264. The van der Waals surface area contributed by atoms with Gasteiger partial charge >= 0.3 is 6.18 Å². The Balaban J connectivity index is 2.25. The van der Waals surface area contributed by atoms with Gasteiger partial charge < -0.3 is 9.47 Å². The van der Waals surface area contributed by atoms with Crippen LogP contribution in [0.2, 0.25) is 0 Å². The monoisotopic (exact) mass is 316 g/mol. The minimum atomic E-state index is -4.34. The zero-order valence-electron chi connectivity index (χ0n) is 8.56. The van der Waals surface area contributed by atoms with Crippen LogP contribution in [0.5, 0.6) is 5.75 Å². The molecule has 0 aliphatic carbocycles. The Hall–Kier alpha value is -0.820. The average molecular weight is 317 g/mol. The van der Waals surface area contributed by atoms with Gasteiger partial charge in [0.2, 0.25) is 0 Å². The van der Waals surface area contributed by atoms with E-state index in [1.165, 1.54) is 12.1 Å². The predicted molar refractivity (Wildman–Crippen MR) is 56.5 cm³/mol. The fraction of sp³-hybridized carbons (Fsp3) is 0.400. The third-order valence-corrected chi connectivity index (χ3v) is 2.30. The maximum absolute atomic E-state index is 13.0. The minimum absolute atomic E-state index is 0.0723. The molecule has 0 saturated heterocycles. The highest BCUT2D eigenvalue weighted by Gasteiger charge is 2.27. The van der Waals surface area contributed by atoms with Crippen LogP contribution in [0.3, 0.4) is 0 Å². The molecule has 0 fully saturated rings. The lowest BCUT2D eigenvalue weighted by atomic mass is 10.3. The maximum atomic E-state index is 13.0. The van der Waals surface area contributed by atoms with E-state index in [4.69, 9.17) is 4.74 Å². The Morgan fingerprint density at radius 1 is 1.18 bits per heavy atom. The molecule has 0 radical (unpaired) electrons. The minimum Gasteiger partial charge on any atom is -0.491 e. The number of hydrogen-bond donors (Lipinski definition) is 0. The zero-order valence-corrected chi connectivity index (χ0v) is 10.1. The number of ether oxygens (including phenoxy) is 2. The summed E-state index contributed by atoms with van der Waals surface area (Å²) in [6, 6.07) is 4.08. The van der Waals surface area contributed by atoms with Crippen LogP contribution in [0.4, 0.5) is 17.6 Å². The predicted octanol–water partition coefficient (Wildman–Crippen LogP) is 3.55. The van der Waals surface area contributed by atoms with Crippen LogP contribution in [0.25, 0.3) is 0 Å². The molecule has 0 atom stereocenters. The number of hydrogen-bond acceptors (Lipinski definition) is 2. The van der Waals surface area contributed by atoms with Gasteiger partial charge in [0.1, 0.15) is 24.8 Å². The molecule has 0 saturated carbocycles. The summed E-state index contributed by atoms with van der Waals surface area (Å²) in [5.41, 5.74) is 0. The summed E-state index contributed by atoms with van der Waals surface area (Å²) in [6.45, 7) is -1.60. The summed E-state index contributed by atoms with van der Waals surface area (Å²) in [5, 5.41) is 0. The molecule has 2 nitrogen and oxygen atoms in total. The SMILES string of the molecule is Fc1cc(OCCOCC(F)(F)F)ccc1Br. The second-order valence-corrected chi connectivity index (χ2v) is 3.95. The lowest BCUT2D eigenvalue weighted by Crippen LogP contribution is -2.19. The average Bonchev–Trinajstić information content (AvgIpc) is 2.21. The van der Waals surface area contributed by atoms with Gasteiger partial charge in [-0.15, -0.1) is 0 Å². The molecule has 96 valence electrons. The molecule has 0 aliphatic heterocycles. The van der Waals surface area contributed by atoms with Crippen molar-refractivity contribution < 1.29 is 27.0 Å². The molecule has 1 aromatic rings. The van der Waals surface area contributed by atoms with E-state index in [0.717, 1.165) is 6.07 Å². The Morgan fingerprint density at radius 3 is 2.47 bits per heavy atom. The second-order valence-electron chi connectivity index (χ2n) is 3.09. The van der Waals surface area contributed by atoms with Crippen molar-refractivity contribution in [2.24, 2.45) is 0 Å². The van der Waals surface area contributed by atoms with Gasteiger partial charge in [0.15, 0.2) is 0 Å². The Kier molecular flexibility index (Phi) is 5.20. The lowest BCUT2D eigenvalue weighted by Gasteiger charge is -2.09. The molecule has 0 unspecified atom stereocenters. The highest BCUT2D eigenvalue weighted by atomic mass is 79.9. The third-order valence-electron chi connectivity index (χ3n) is 1.65. The number of rotatable bonds is 5. The fourth-order valence-corrected chi connectivity index (χ4v) is 1.22. The molecule has 0 spiro atoms. The second kappa shape index (κ2) is 6.20. The summed E-state index contributed by atoms with van der Waals surface area (Å²) in [4.78, 5) is 0. The summed E-state index contributed by atoms with van der Waals surface area (Å²) >= 11 is 2.96. The summed E-state index contributed by atoms with van der Waals surface area (Å²) < 4.78 is 57.7. The summed E-state index contributed by atoms with van der Waals surface area (Å²) in [6.07, 6.45) is -4.34. The van der Waals surface area contributed by atoms with E-state index >= 15 is 0 Å². The van der Waals surface area contributed by atoms with Crippen LogP contribution in [0.1, 0.15) is 0 Å². The summed E-state index contributed by atoms with van der Waals surface area (Å²) in [7, 11) is 0. The number of benzene rings is 1. The van der Waals surface area contributed by atoms with Gasteiger partial charge in [-0.1, -0.05) is 0 Å². The normalized spacial score (nSPS) is 11.6. The molecule has 0 amide bonds. The third kappa shape index (κ3) is 5.88. The fourth-order valence-electron chi connectivity index (χ4n) is 0.973. The van der Waals surface area contributed by atoms with E-state index in [0.29, 0.717) is 0 Å². The van der Waals surface area contributed by atoms with Gasteiger partial charge in [-0.3, -0.25) is 0 Å². The van der Waals surface area contributed by atoms with E-state index < -0.39 is 18.6 Å². The first kappa shape index (κ1) is 14.2. The van der Waals surface area contributed by atoms with Crippen molar-refractivity contribution in [2.45, 2.75) is 6.18 Å². The molecule has 1 aromatic carbocycles. The van der Waals surface area contributed by atoms with E-state index in [1.807, 2.05) is 0 Å². The molecule has 17 heavy (non-hydrogen) atoms. The first-order valence-electron chi connectivity index (χ1n) is 4.61. The first-order chi connectivity index (χ1) is 7.88. The van der Waals surface area contributed by atoms with E-state index in [9.17, 15) is 17.6 Å². The standard InChI is InChI=1S/C10H9BrF4O2/c11-8-2-1-7(5-9(8)12)17-4-3-16-6-10(13,14)15/h1-2,5H,3-4,6H2. The highest BCUT2D eigenvalue weighted by molar-refractivity contribution is 9.10. The van der Waals surface area contributed by atoms with Crippen molar-refractivity contribution in [1.29, 1.82) is 0 Å². The maximum Gasteiger partial charge on any atom is 0.411 e. The molecule has 1 rings (SSSR count). The van der Waals surface area contributed by atoms with Gasteiger partial charge in [0.05, 0.1) is 11.1 Å². The van der Waals surface area contributed by atoms with Gasteiger partial charge in [-0.25, -0.2) is 4.39 Å². The van der Waals surface area contributed by atoms with Crippen LogP contribution in [0.15, 0.2) is 22.7 Å². The lowest BCUT2D eigenvalue weighted by molar-refractivity contribution is -0.175. The van der Waals surface area contributed by atoms with Gasteiger partial charge in [0, 0.05) is 6.07 Å². The Labute approximate surface area is 104 Å². The van der Waals surface area contributed by atoms with Crippen molar-refractivity contribution in [2.75, 3.05) is 19.8 Å². The topological polar surface area (TPSA) is 18.5 Å². The van der Waals surface area contributed by atoms with Gasteiger partial charge in [-0.05, 0) is 28.1 Å². The molecule has 7 heteroatoms. The smallest absolute Gasteiger partial charge is 0.411 e. The van der Waals surface area contributed by atoms with E-state index in [-0.39, 0.29) is 23.4 Å². The Bertz CT molecular complexity index is 368. The molecule has 0 aromatic heterocycles. The first-order valence-corrected chi connectivity index (χ1v) is 5.40. The van der Waals surface area contributed by atoms with Gasteiger partial charge in [-0.2, -0.15) is 13.2 Å². The van der Waals surface area contributed by atoms with Crippen LogP contribution < -0.4 is 4.74 Å². The van der Waals surface area contributed by atoms with Crippen LogP contribution >= 0.6 is 15.9 Å². The van der Waals surface area contributed by atoms with Gasteiger partial charge in [0.25, 0.3) is 0 Å². The highest BCUT2D eigenvalue weighted by Crippen LogP contribution is 2.20.